The second-order valence-electron chi connectivity index (χ2n) is 5.51. The second-order valence-corrected chi connectivity index (χ2v) is 5.51. The van der Waals surface area contributed by atoms with Crippen molar-refractivity contribution in [1.29, 1.82) is 0 Å². The van der Waals surface area contributed by atoms with Crippen LogP contribution in [0.4, 0.5) is 0 Å². The summed E-state index contributed by atoms with van der Waals surface area (Å²) in [7, 11) is 0. The number of benzene rings is 1. The van der Waals surface area contributed by atoms with Gasteiger partial charge in [0.1, 0.15) is 0 Å². The van der Waals surface area contributed by atoms with Crippen LogP contribution in [0.25, 0.3) is 0 Å². The highest BCUT2D eigenvalue weighted by Gasteiger charge is 2.26. The van der Waals surface area contributed by atoms with Crippen molar-refractivity contribution >= 4 is 0 Å². The van der Waals surface area contributed by atoms with Crippen molar-refractivity contribution in [3.8, 4) is 0 Å². The van der Waals surface area contributed by atoms with E-state index in [4.69, 9.17) is 0 Å². The Hall–Kier alpha value is -1.56. The molecule has 1 aromatic rings. The van der Waals surface area contributed by atoms with Crippen molar-refractivity contribution in [2.45, 2.75) is 32.6 Å². The molecule has 0 aliphatic heterocycles. The molecule has 19 heavy (non-hydrogen) atoms. The molecule has 0 heterocycles. The Bertz CT molecular complexity index is 503. The summed E-state index contributed by atoms with van der Waals surface area (Å²) >= 11 is 0. The molecule has 0 amide bonds. The zero-order valence-corrected chi connectivity index (χ0v) is 12.0. The number of fused-ring (bicyclic) bond motifs is 1. The highest BCUT2D eigenvalue weighted by Crippen LogP contribution is 2.41. The van der Waals surface area contributed by atoms with E-state index in [9.17, 15) is 0 Å². The molecule has 1 aliphatic rings. The normalized spacial score (nSPS) is 19.0. The minimum absolute atomic E-state index is 0.449. The first-order valence-corrected chi connectivity index (χ1v) is 7.08. The van der Waals surface area contributed by atoms with Gasteiger partial charge in [0.25, 0.3) is 0 Å². The maximum Gasteiger partial charge on any atom is 0.00868 e. The maximum atomic E-state index is 4.00. The molecular weight excluding hydrogens is 228 g/mol. The van der Waals surface area contributed by atoms with Crippen LogP contribution in [0, 0.1) is 12.3 Å². The van der Waals surface area contributed by atoms with Crippen LogP contribution >= 0.6 is 0 Å². The average molecular weight is 251 g/mol. The van der Waals surface area contributed by atoms with E-state index in [0.29, 0.717) is 11.8 Å². The van der Waals surface area contributed by atoms with Crippen LogP contribution in [0.5, 0.6) is 0 Å². The molecule has 2 rings (SSSR count). The molecule has 1 aromatic carbocycles. The summed E-state index contributed by atoms with van der Waals surface area (Å²) in [5.74, 6) is 1.02. The van der Waals surface area contributed by atoms with Crippen LogP contribution in [0.3, 0.4) is 0 Å². The summed E-state index contributed by atoms with van der Waals surface area (Å²) in [6, 6.07) is 8.84. The molecule has 0 N–H and O–H groups in total. The summed E-state index contributed by atoms with van der Waals surface area (Å²) in [6.07, 6.45) is 8.28. The Labute approximate surface area is 117 Å². The third-order valence-electron chi connectivity index (χ3n) is 3.97. The van der Waals surface area contributed by atoms with Crippen molar-refractivity contribution in [3.05, 3.63) is 78.3 Å². The summed E-state index contributed by atoms with van der Waals surface area (Å²) in [5.41, 5.74) is 5.72. The standard InChI is InChI=1S/C19H23/c1-5-9-17-15(6-2)12-13-16-10-7-8-11-18(16)19(17)14(3)4/h5-11,14,19H,1-2,12-13H2,3-4H3. The first-order chi connectivity index (χ1) is 9.19. The molecule has 0 saturated carbocycles. The minimum Gasteiger partial charge on any atom is -0.102 e. The molecule has 1 unspecified atom stereocenters. The fourth-order valence-electron chi connectivity index (χ4n) is 3.12. The van der Waals surface area contributed by atoms with Gasteiger partial charge in [-0.05, 0) is 35.5 Å². The van der Waals surface area contributed by atoms with E-state index in [1.54, 1.807) is 0 Å². The SMILES string of the molecule is C=C[CH]C1=C(C=C)CCc2ccccc2C1C(C)C. The Morgan fingerprint density at radius 3 is 2.53 bits per heavy atom. The van der Waals surface area contributed by atoms with E-state index in [-0.39, 0.29) is 0 Å². The van der Waals surface area contributed by atoms with E-state index < -0.39 is 0 Å². The third-order valence-corrected chi connectivity index (χ3v) is 3.97. The number of allylic oxidation sites excluding steroid dienone is 4. The van der Waals surface area contributed by atoms with Gasteiger partial charge >= 0.3 is 0 Å². The highest BCUT2D eigenvalue weighted by molar-refractivity contribution is 5.47. The molecule has 1 atom stereocenters. The zero-order valence-electron chi connectivity index (χ0n) is 12.0. The van der Waals surface area contributed by atoms with E-state index in [1.165, 1.54) is 22.3 Å². The Kier molecular flexibility index (Phi) is 4.42. The van der Waals surface area contributed by atoms with Crippen molar-refractivity contribution in [2.75, 3.05) is 0 Å². The van der Waals surface area contributed by atoms with Gasteiger partial charge in [0.2, 0.25) is 0 Å². The molecule has 1 radical (unpaired) electrons. The summed E-state index contributed by atoms with van der Waals surface area (Å²) in [5, 5.41) is 0. The summed E-state index contributed by atoms with van der Waals surface area (Å²) < 4.78 is 0. The van der Waals surface area contributed by atoms with Gasteiger partial charge in [-0.2, -0.15) is 0 Å². The van der Waals surface area contributed by atoms with Crippen LogP contribution in [0.1, 0.15) is 37.3 Å². The van der Waals surface area contributed by atoms with E-state index in [2.05, 4.69) is 57.7 Å². The topological polar surface area (TPSA) is 0 Å². The predicted octanol–water partition coefficient (Wildman–Crippen LogP) is 5.25. The molecule has 0 heteroatoms. The first-order valence-electron chi connectivity index (χ1n) is 7.08. The van der Waals surface area contributed by atoms with Crippen LogP contribution in [0.15, 0.2) is 60.7 Å². The van der Waals surface area contributed by atoms with Gasteiger partial charge in [0.05, 0.1) is 0 Å². The number of aryl methyl sites for hydroxylation is 1. The average Bonchev–Trinajstić information content (AvgIpc) is 2.55. The smallest absolute Gasteiger partial charge is 0.00868 e. The lowest BCUT2D eigenvalue weighted by atomic mass is 9.78. The monoisotopic (exact) mass is 251 g/mol. The quantitative estimate of drug-likeness (QED) is 0.686. The van der Waals surface area contributed by atoms with Gasteiger partial charge in [-0.25, -0.2) is 0 Å². The highest BCUT2D eigenvalue weighted by atomic mass is 14.3. The summed E-state index contributed by atoms with van der Waals surface area (Å²) in [6.45, 7) is 12.5. The number of rotatable bonds is 4. The zero-order chi connectivity index (χ0) is 13.8. The van der Waals surface area contributed by atoms with E-state index in [1.807, 2.05) is 12.2 Å². The van der Waals surface area contributed by atoms with Gasteiger partial charge in [-0.15, -0.1) is 6.58 Å². The predicted molar refractivity (Wildman–Crippen MR) is 84.1 cm³/mol. The van der Waals surface area contributed by atoms with Crippen molar-refractivity contribution in [3.63, 3.8) is 0 Å². The molecule has 0 aromatic heterocycles. The van der Waals surface area contributed by atoms with Gasteiger partial charge in [-0.1, -0.05) is 62.4 Å². The molecule has 0 bridgehead atoms. The molecular formula is C19H23. The Morgan fingerprint density at radius 1 is 1.16 bits per heavy atom. The van der Waals surface area contributed by atoms with Crippen LogP contribution in [-0.4, -0.2) is 0 Å². The lowest BCUT2D eigenvalue weighted by Crippen LogP contribution is -2.12. The Morgan fingerprint density at radius 2 is 1.89 bits per heavy atom. The molecule has 99 valence electrons. The van der Waals surface area contributed by atoms with Crippen molar-refractivity contribution in [2.24, 2.45) is 5.92 Å². The molecule has 0 fully saturated rings. The number of hydrogen-bond acceptors (Lipinski definition) is 0. The van der Waals surface area contributed by atoms with Crippen LogP contribution in [-0.2, 0) is 6.42 Å². The third kappa shape index (κ3) is 2.73. The van der Waals surface area contributed by atoms with Crippen molar-refractivity contribution < 1.29 is 0 Å². The minimum atomic E-state index is 0.449. The lowest BCUT2D eigenvalue weighted by molar-refractivity contribution is 0.557. The largest absolute Gasteiger partial charge is 0.102 e. The molecule has 0 spiro atoms. The van der Waals surface area contributed by atoms with Crippen molar-refractivity contribution in [1.82, 2.24) is 0 Å². The molecule has 1 aliphatic carbocycles. The van der Waals surface area contributed by atoms with Gasteiger partial charge in [0, 0.05) is 12.3 Å². The van der Waals surface area contributed by atoms with Gasteiger partial charge < -0.3 is 0 Å². The van der Waals surface area contributed by atoms with Gasteiger partial charge in [-0.3, -0.25) is 0 Å². The fraction of sp³-hybridized carbons (Fsp3) is 0.316. The van der Waals surface area contributed by atoms with E-state index >= 15 is 0 Å². The second kappa shape index (κ2) is 6.06. The van der Waals surface area contributed by atoms with Crippen LogP contribution in [0.2, 0.25) is 0 Å². The van der Waals surface area contributed by atoms with Crippen LogP contribution < -0.4 is 0 Å². The Balaban J connectivity index is 2.59. The first kappa shape index (κ1) is 13.9. The van der Waals surface area contributed by atoms with E-state index in [0.717, 1.165) is 12.8 Å². The molecule has 0 saturated heterocycles. The number of hydrogen-bond donors (Lipinski definition) is 0. The van der Waals surface area contributed by atoms with Gasteiger partial charge in [0.15, 0.2) is 0 Å². The summed E-state index contributed by atoms with van der Waals surface area (Å²) in [4.78, 5) is 0. The lowest BCUT2D eigenvalue weighted by Gasteiger charge is -2.26. The molecule has 0 nitrogen and oxygen atoms in total. The maximum absolute atomic E-state index is 4.00. The fourth-order valence-corrected chi connectivity index (χ4v) is 3.12.